The number of rotatable bonds is 1. The molecule has 0 spiro atoms. The highest BCUT2D eigenvalue weighted by atomic mass is 35.5. The lowest BCUT2D eigenvalue weighted by Crippen LogP contribution is -2.28. The number of hydrogen-bond donors (Lipinski definition) is 0. The first-order valence-corrected chi connectivity index (χ1v) is 7.41. The van der Waals surface area contributed by atoms with Crippen LogP contribution in [0.25, 0.3) is 11.1 Å². The minimum atomic E-state index is 0.283. The van der Waals surface area contributed by atoms with Crippen LogP contribution in [0.3, 0.4) is 0 Å². The van der Waals surface area contributed by atoms with Gasteiger partial charge in [-0.05, 0) is 30.3 Å². The summed E-state index contributed by atoms with van der Waals surface area (Å²) in [5.74, 6) is 0. The van der Waals surface area contributed by atoms with Crippen LogP contribution in [0.5, 0.6) is 0 Å². The summed E-state index contributed by atoms with van der Waals surface area (Å²) in [6, 6.07) is 9.69. The average molecular weight is 318 g/mol. The van der Waals surface area contributed by atoms with Gasteiger partial charge in [-0.2, -0.15) is 5.26 Å². The molecule has 21 heavy (non-hydrogen) atoms. The summed E-state index contributed by atoms with van der Waals surface area (Å²) in [4.78, 5) is 6.63. The van der Waals surface area contributed by atoms with Crippen molar-refractivity contribution in [3.8, 4) is 17.2 Å². The molecule has 0 amide bonds. The SMILES string of the molecule is CN1CCc2nc(Cl)c(C#N)c(-c3ccc(Cl)cc3)c2C1. The van der Waals surface area contributed by atoms with Gasteiger partial charge in [-0.1, -0.05) is 35.3 Å². The molecule has 3 rings (SSSR count). The Morgan fingerprint density at radius 3 is 2.62 bits per heavy atom. The third kappa shape index (κ3) is 2.63. The normalized spacial score (nSPS) is 14.6. The Balaban J connectivity index is 2.28. The van der Waals surface area contributed by atoms with Gasteiger partial charge in [0, 0.05) is 35.8 Å². The molecule has 0 saturated heterocycles. The molecule has 1 aromatic carbocycles. The van der Waals surface area contributed by atoms with Crippen LogP contribution in [0.4, 0.5) is 0 Å². The van der Waals surface area contributed by atoms with E-state index < -0.39 is 0 Å². The standard InChI is InChI=1S/C16H13Cl2N3/c1-21-7-6-14-13(9-21)15(12(8-19)16(18)20-14)10-2-4-11(17)5-3-10/h2-5H,6-7,9H2,1H3. The first-order valence-electron chi connectivity index (χ1n) is 6.66. The molecule has 0 atom stereocenters. The van der Waals surface area contributed by atoms with Crippen LogP contribution < -0.4 is 0 Å². The van der Waals surface area contributed by atoms with E-state index in [9.17, 15) is 5.26 Å². The first-order chi connectivity index (χ1) is 10.1. The van der Waals surface area contributed by atoms with Crippen molar-refractivity contribution in [1.29, 1.82) is 5.26 Å². The second-order valence-electron chi connectivity index (χ2n) is 5.18. The van der Waals surface area contributed by atoms with E-state index in [2.05, 4.69) is 23.0 Å². The van der Waals surface area contributed by atoms with Crippen LogP contribution in [0, 0.1) is 11.3 Å². The van der Waals surface area contributed by atoms with E-state index in [0.717, 1.165) is 41.9 Å². The largest absolute Gasteiger partial charge is 0.302 e. The highest BCUT2D eigenvalue weighted by molar-refractivity contribution is 6.31. The maximum Gasteiger partial charge on any atom is 0.147 e. The van der Waals surface area contributed by atoms with Crippen molar-refractivity contribution in [2.75, 3.05) is 13.6 Å². The van der Waals surface area contributed by atoms with Gasteiger partial charge in [0.05, 0.1) is 5.56 Å². The molecule has 0 fully saturated rings. The van der Waals surface area contributed by atoms with Crippen molar-refractivity contribution in [3.63, 3.8) is 0 Å². The number of nitrogens with zero attached hydrogens (tertiary/aromatic N) is 3. The van der Waals surface area contributed by atoms with Gasteiger partial charge in [0.2, 0.25) is 0 Å². The molecule has 1 aliphatic heterocycles. The third-order valence-corrected chi connectivity index (χ3v) is 4.27. The number of fused-ring (bicyclic) bond motifs is 1. The highest BCUT2D eigenvalue weighted by Gasteiger charge is 2.24. The van der Waals surface area contributed by atoms with Gasteiger partial charge in [0.15, 0.2) is 0 Å². The molecular formula is C16H13Cl2N3. The Morgan fingerprint density at radius 1 is 1.24 bits per heavy atom. The van der Waals surface area contributed by atoms with E-state index in [4.69, 9.17) is 23.2 Å². The van der Waals surface area contributed by atoms with Crippen LogP contribution in [0.2, 0.25) is 10.2 Å². The predicted octanol–water partition coefficient (Wildman–Crippen LogP) is 3.91. The monoisotopic (exact) mass is 317 g/mol. The second kappa shape index (κ2) is 5.65. The van der Waals surface area contributed by atoms with E-state index in [0.29, 0.717) is 10.6 Å². The summed E-state index contributed by atoms with van der Waals surface area (Å²) >= 11 is 12.2. The minimum Gasteiger partial charge on any atom is -0.302 e. The molecule has 0 N–H and O–H groups in total. The zero-order valence-corrected chi connectivity index (χ0v) is 13.0. The van der Waals surface area contributed by atoms with Crippen LogP contribution in [-0.2, 0) is 13.0 Å². The molecule has 2 heterocycles. The summed E-state index contributed by atoms with van der Waals surface area (Å²) in [6.45, 7) is 1.72. The number of nitriles is 1. The Hall–Kier alpha value is -1.60. The van der Waals surface area contributed by atoms with Gasteiger partial charge in [0.25, 0.3) is 0 Å². The highest BCUT2D eigenvalue weighted by Crippen LogP contribution is 2.35. The molecule has 0 saturated carbocycles. The van der Waals surface area contributed by atoms with Gasteiger partial charge in [-0.15, -0.1) is 0 Å². The van der Waals surface area contributed by atoms with Gasteiger partial charge in [-0.25, -0.2) is 4.98 Å². The second-order valence-corrected chi connectivity index (χ2v) is 5.98. The van der Waals surface area contributed by atoms with E-state index in [1.807, 2.05) is 24.3 Å². The number of likely N-dealkylation sites (N-methyl/N-ethyl adjacent to an activating group) is 1. The maximum atomic E-state index is 9.47. The van der Waals surface area contributed by atoms with Crippen LogP contribution in [0.1, 0.15) is 16.8 Å². The molecule has 0 radical (unpaired) electrons. The van der Waals surface area contributed by atoms with E-state index in [1.54, 1.807) is 0 Å². The number of halogens is 2. The molecule has 1 aliphatic rings. The van der Waals surface area contributed by atoms with E-state index >= 15 is 0 Å². The Labute approximate surface area is 133 Å². The van der Waals surface area contributed by atoms with Crippen LogP contribution >= 0.6 is 23.2 Å². The van der Waals surface area contributed by atoms with Crippen molar-refractivity contribution >= 4 is 23.2 Å². The lowest BCUT2D eigenvalue weighted by atomic mass is 9.92. The Kier molecular flexibility index (Phi) is 3.86. The molecule has 106 valence electrons. The maximum absolute atomic E-state index is 9.47. The lowest BCUT2D eigenvalue weighted by Gasteiger charge is -2.27. The van der Waals surface area contributed by atoms with Crippen molar-refractivity contribution in [3.05, 3.63) is 51.3 Å². The predicted molar refractivity (Wildman–Crippen MR) is 84.4 cm³/mol. The zero-order chi connectivity index (χ0) is 15.0. The quantitative estimate of drug-likeness (QED) is 0.748. The van der Waals surface area contributed by atoms with Gasteiger partial charge in [-0.3, -0.25) is 0 Å². The zero-order valence-electron chi connectivity index (χ0n) is 11.5. The molecule has 3 nitrogen and oxygen atoms in total. The first kappa shape index (κ1) is 14.3. The van der Waals surface area contributed by atoms with Crippen molar-refractivity contribution in [1.82, 2.24) is 9.88 Å². The van der Waals surface area contributed by atoms with Gasteiger partial charge in [0.1, 0.15) is 11.2 Å². The van der Waals surface area contributed by atoms with Crippen molar-refractivity contribution in [2.45, 2.75) is 13.0 Å². The van der Waals surface area contributed by atoms with Crippen molar-refractivity contribution in [2.24, 2.45) is 0 Å². The molecular weight excluding hydrogens is 305 g/mol. The molecule has 2 aromatic rings. The smallest absolute Gasteiger partial charge is 0.147 e. The van der Waals surface area contributed by atoms with Gasteiger partial charge >= 0.3 is 0 Å². The molecule has 1 aromatic heterocycles. The fraction of sp³-hybridized carbons (Fsp3) is 0.250. The summed E-state index contributed by atoms with van der Waals surface area (Å²) < 4.78 is 0. The summed E-state index contributed by atoms with van der Waals surface area (Å²) in [6.07, 6.45) is 0.845. The average Bonchev–Trinajstić information content (AvgIpc) is 2.47. The lowest BCUT2D eigenvalue weighted by molar-refractivity contribution is 0.310. The number of hydrogen-bond acceptors (Lipinski definition) is 3. The summed E-state index contributed by atoms with van der Waals surface area (Å²) in [5, 5.41) is 10.4. The number of benzene rings is 1. The van der Waals surface area contributed by atoms with Crippen molar-refractivity contribution < 1.29 is 0 Å². The number of pyridine rings is 1. The Bertz CT molecular complexity index is 733. The molecule has 0 bridgehead atoms. The molecule has 5 heteroatoms. The summed E-state index contributed by atoms with van der Waals surface area (Å²) in [5.41, 5.74) is 4.35. The molecule has 0 aliphatic carbocycles. The molecule has 0 unspecified atom stereocenters. The fourth-order valence-corrected chi connectivity index (χ4v) is 3.06. The van der Waals surface area contributed by atoms with E-state index in [-0.39, 0.29) is 5.15 Å². The Morgan fingerprint density at radius 2 is 1.95 bits per heavy atom. The topological polar surface area (TPSA) is 39.9 Å². The number of aromatic nitrogens is 1. The fourth-order valence-electron chi connectivity index (χ4n) is 2.70. The van der Waals surface area contributed by atoms with Gasteiger partial charge < -0.3 is 4.90 Å². The summed E-state index contributed by atoms with van der Waals surface area (Å²) in [7, 11) is 2.06. The van der Waals surface area contributed by atoms with Crippen LogP contribution in [0.15, 0.2) is 24.3 Å². The van der Waals surface area contributed by atoms with Crippen LogP contribution in [-0.4, -0.2) is 23.5 Å². The minimum absolute atomic E-state index is 0.283. The van der Waals surface area contributed by atoms with E-state index in [1.165, 1.54) is 0 Å². The third-order valence-electron chi connectivity index (χ3n) is 3.74.